The summed E-state index contributed by atoms with van der Waals surface area (Å²) in [6.07, 6.45) is 1.65. The van der Waals surface area contributed by atoms with Crippen LogP contribution in [-0.2, 0) is 4.74 Å². The fourth-order valence-electron chi connectivity index (χ4n) is 3.11. The highest BCUT2D eigenvalue weighted by molar-refractivity contribution is 5.84. The van der Waals surface area contributed by atoms with Crippen molar-refractivity contribution < 1.29 is 27.7 Å². The molecule has 0 unspecified atom stereocenters. The Morgan fingerprint density at radius 2 is 1.70 bits per heavy atom. The average molecular weight is 420 g/mol. The van der Waals surface area contributed by atoms with E-state index in [9.17, 15) is 8.78 Å². The third-order valence-corrected chi connectivity index (χ3v) is 4.45. The SMILES string of the molecule is CCOc1cc(N2CCOCC2)c(OCC)cc1N=Cc1ccc(OC(F)F)cc1. The maximum Gasteiger partial charge on any atom is 0.387 e. The van der Waals surface area contributed by atoms with Gasteiger partial charge < -0.3 is 23.8 Å². The fourth-order valence-corrected chi connectivity index (χ4v) is 3.11. The third-order valence-electron chi connectivity index (χ3n) is 4.45. The topological polar surface area (TPSA) is 52.5 Å². The summed E-state index contributed by atoms with van der Waals surface area (Å²) in [5, 5.41) is 0. The molecule has 8 heteroatoms. The maximum absolute atomic E-state index is 12.3. The number of rotatable bonds is 9. The predicted molar refractivity (Wildman–Crippen MR) is 112 cm³/mol. The maximum atomic E-state index is 12.3. The Bertz CT molecular complexity index is 838. The van der Waals surface area contributed by atoms with E-state index in [4.69, 9.17) is 14.2 Å². The Kier molecular flexibility index (Phi) is 7.84. The predicted octanol–water partition coefficient (Wildman–Crippen LogP) is 4.67. The Labute approximate surface area is 175 Å². The van der Waals surface area contributed by atoms with Gasteiger partial charge in [0, 0.05) is 31.4 Å². The Balaban J connectivity index is 1.88. The van der Waals surface area contributed by atoms with Crippen LogP contribution in [0.25, 0.3) is 0 Å². The number of hydrogen-bond acceptors (Lipinski definition) is 6. The Morgan fingerprint density at radius 3 is 2.33 bits per heavy atom. The molecule has 0 N–H and O–H groups in total. The molecule has 162 valence electrons. The van der Waals surface area contributed by atoms with Crippen LogP contribution < -0.4 is 19.1 Å². The number of hydrogen-bond donors (Lipinski definition) is 0. The molecule has 0 aliphatic carbocycles. The first-order chi connectivity index (χ1) is 14.6. The molecule has 0 spiro atoms. The molecular weight excluding hydrogens is 394 g/mol. The van der Waals surface area contributed by atoms with Gasteiger partial charge in [0.25, 0.3) is 0 Å². The molecule has 1 aliphatic heterocycles. The van der Waals surface area contributed by atoms with Crippen molar-refractivity contribution >= 4 is 17.6 Å². The van der Waals surface area contributed by atoms with Gasteiger partial charge in [-0.25, -0.2) is 0 Å². The van der Waals surface area contributed by atoms with E-state index in [0.29, 0.717) is 37.9 Å². The van der Waals surface area contributed by atoms with Gasteiger partial charge in [0.05, 0.1) is 32.1 Å². The first-order valence-electron chi connectivity index (χ1n) is 9.96. The summed E-state index contributed by atoms with van der Waals surface area (Å²) in [4.78, 5) is 6.77. The highest BCUT2D eigenvalue weighted by Crippen LogP contribution is 2.40. The van der Waals surface area contributed by atoms with Crippen LogP contribution in [0.2, 0.25) is 0 Å². The van der Waals surface area contributed by atoms with E-state index >= 15 is 0 Å². The molecule has 3 rings (SSSR count). The fraction of sp³-hybridized carbons (Fsp3) is 0.409. The summed E-state index contributed by atoms with van der Waals surface area (Å²) in [6, 6.07) is 10.1. The lowest BCUT2D eigenvalue weighted by Crippen LogP contribution is -2.36. The summed E-state index contributed by atoms with van der Waals surface area (Å²) in [5.41, 5.74) is 2.33. The molecule has 0 radical (unpaired) electrons. The molecule has 2 aromatic rings. The van der Waals surface area contributed by atoms with Crippen LogP contribution in [0.4, 0.5) is 20.2 Å². The van der Waals surface area contributed by atoms with Gasteiger partial charge in [-0.05, 0) is 43.7 Å². The van der Waals surface area contributed by atoms with Crippen LogP contribution in [0, 0.1) is 0 Å². The summed E-state index contributed by atoms with van der Waals surface area (Å²) in [6.45, 7) is 4.93. The molecule has 0 atom stereocenters. The normalized spacial score (nSPS) is 14.4. The molecule has 1 fully saturated rings. The minimum Gasteiger partial charge on any atom is -0.492 e. The van der Waals surface area contributed by atoms with Crippen LogP contribution in [0.15, 0.2) is 41.4 Å². The van der Waals surface area contributed by atoms with Crippen LogP contribution in [0.1, 0.15) is 19.4 Å². The molecule has 0 aromatic heterocycles. The Hall–Kier alpha value is -2.87. The van der Waals surface area contributed by atoms with E-state index < -0.39 is 6.61 Å². The summed E-state index contributed by atoms with van der Waals surface area (Å²) < 4.78 is 46.1. The van der Waals surface area contributed by atoms with Crippen molar-refractivity contribution in [2.24, 2.45) is 4.99 Å². The molecule has 2 aromatic carbocycles. The van der Waals surface area contributed by atoms with Crippen molar-refractivity contribution in [3.8, 4) is 17.2 Å². The second-order valence-electron chi connectivity index (χ2n) is 6.46. The van der Waals surface area contributed by atoms with Crippen molar-refractivity contribution in [3.63, 3.8) is 0 Å². The molecule has 1 heterocycles. The molecule has 6 nitrogen and oxygen atoms in total. The van der Waals surface area contributed by atoms with Crippen molar-refractivity contribution in [3.05, 3.63) is 42.0 Å². The number of nitrogens with zero attached hydrogens (tertiary/aromatic N) is 2. The van der Waals surface area contributed by atoms with E-state index in [2.05, 4.69) is 14.6 Å². The zero-order chi connectivity index (χ0) is 21.3. The molecule has 0 amide bonds. The lowest BCUT2D eigenvalue weighted by atomic mass is 10.2. The first kappa shape index (κ1) is 21.8. The molecular formula is C22H26F2N2O4. The van der Waals surface area contributed by atoms with E-state index in [1.807, 2.05) is 26.0 Å². The minimum atomic E-state index is -2.85. The quantitative estimate of drug-likeness (QED) is 0.552. The van der Waals surface area contributed by atoms with E-state index in [1.54, 1.807) is 18.3 Å². The average Bonchev–Trinajstić information content (AvgIpc) is 2.75. The number of anilines is 1. The molecule has 1 saturated heterocycles. The molecule has 0 saturated carbocycles. The molecule has 30 heavy (non-hydrogen) atoms. The molecule has 1 aliphatic rings. The lowest BCUT2D eigenvalue weighted by molar-refractivity contribution is -0.0498. The van der Waals surface area contributed by atoms with Crippen molar-refractivity contribution in [1.29, 1.82) is 0 Å². The van der Waals surface area contributed by atoms with E-state index in [0.717, 1.165) is 30.1 Å². The van der Waals surface area contributed by atoms with E-state index in [1.165, 1.54) is 12.1 Å². The number of alkyl halides is 2. The third kappa shape index (κ3) is 5.82. The second-order valence-corrected chi connectivity index (χ2v) is 6.46. The number of morpholine rings is 1. The van der Waals surface area contributed by atoms with Gasteiger partial charge in [-0.3, -0.25) is 4.99 Å². The van der Waals surface area contributed by atoms with Gasteiger partial charge in [0.15, 0.2) is 0 Å². The van der Waals surface area contributed by atoms with Gasteiger partial charge in [-0.2, -0.15) is 8.78 Å². The van der Waals surface area contributed by atoms with Crippen molar-refractivity contribution in [2.75, 3.05) is 44.4 Å². The second kappa shape index (κ2) is 10.8. The number of benzene rings is 2. The van der Waals surface area contributed by atoms with Crippen LogP contribution in [-0.4, -0.2) is 52.3 Å². The highest BCUT2D eigenvalue weighted by Gasteiger charge is 2.19. The van der Waals surface area contributed by atoms with Crippen LogP contribution >= 0.6 is 0 Å². The Morgan fingerprint density at radius 1 is 1.03 bits per heavy atom. The zero-order valence-corrected chi connectivity index (χ0v) is 17.1. The summed E-state index contributed by atoms with van der Waals surface area (Å²) in [5.74, 6) is 1.48. The largest absolute Gasteiger partial charge is 0.492 e. The smallest absolute Gasteiger partial charge is 0.387 e. The van der Waals surface area contributed by atoms with Gasteiger partial charge in [0.2, 0.25) is 0 Å². The van der Waals surface area contributed by atoms with Gasteiger partial charge in [-0.1, -0.05) is 0 Å². The number of halogens is 2. The lowest BCUT2D eigenvalue weighted by Gasteiger charge is -2.30. The number of ether oxygens (including phenoxy) is 4. The zero-order valence-electron chi connectivity index (χ0n) is 17.1. The summed E-state index contributed by atoms with van der Waals surface area (Å²) in [7, 11) is 0. The van der Waals surface area contributed by atoms with Gasteiger partial charge in [0.1, 0.15) is 22.9 Å². The van der Waals surface area contributed by atoms with E-state index in [-0.39, 0.29) is 5.75 Å². The van der Waals surface area contributed by atoms with Gasteiger partial charge >= 0.3 is 6.61 Å². The monoisotopic (exact) mass is 420 g/mol. The standard InChI is InChI=1S/C22H26F2N2O4/c1-3-28-20-14-19(26-9-11-27-12-10-26)21(29-4-2)13-18(20)25-15-16-5-7-17(8-6-16)30-22(23)24/h5-8,13-15,22H,3-4,9-12H2,1-2H3. The van der Waals surface area contributed by atoms with Gasteiger partial charge in [-0.15, -0.1) is 0 Å². The van der Waals surface area contributed by atoms with Crippen molar-refractivity contribution in [1.82, 2.24) is 0 Å². The number of aliphatic imine (C=N–C) groups is 1. The summed E-state index contributed by atoms with van der Waals surface area (Å²) >= 11 is 0. The first-order valence-corrected chi connectivity index (χ1v) is 9.96. The van der Waals surface area contributed by atoms with Crippen LogP contribution in [0.3, 0.4) is 0 Å². The molecule has 0 bridgehead atoms. The van der Waals surface area contributed by atoms with Crippen LogP contribution in [0.5, 0.6) is 17.2 Å². The highest BCUT2D eigenvalue weighted by atomic mass is 19.3. The minimum absolute atomic E-state index is 0.102. The van der Waals surface area contributed by atoms with Crippen molar-refractivity contribution in [2.45, 2.75) is 20.5 Å².